The average Bonchev–Trinajstić information content (AvgIpc) is 2.60. The van der Waals surface area contributed by atoms with Crippen molar-refractivity contribution in [3.05, 3.63) is 0 Å². The number of unbranched alkanes of at least 4 members (excludes halogenated alkanes) is 8. The van der Waals surface area contributed by atoms with Crippen LogP contribution in [0.4, 0.5) is 4.79 Å². The third-order valence-corrected chi connectivity index (χ3v) is 4.70. The van der Waals surface area contributed by atoms with Gasteiger partial charge in [-0.25, -0.2) is 9.59 Å². The third-order valence-electron chi connectivity index (χ3n) is 4.70. The summed E-state index contributed by atoms with van der Waals surface area (Å²) in [5.41, 5.74) is -0.111. The molecule has 1 unspecified atom stereocenters. The Bertz CT molecular complexity index is 429. The zero-order chi connectivity index (χ0) is 21.6. The molecule has 0 aromatic heterocycles. The number of ether oxygens (including phenoxy) is 2. The maximum atomic E-state index is 12.5. The molecule has 1 atom stereocenters. The summed E-state index contributed by atoms with van der Waals surface area (Å²) in [6.07, 6.45) is 10.5. The molecule has 5 nitrogen and oxygen atoms in total. The van der Waals surface area contributed by atoms with E-state index < -0.39 is 12.1 Å². The van der Waals surface area contributed by atoms with Crippen LogP contribution in [0.1, 0.15) is 99.3 Å². The van der Waals surface area contributed by atoms with Crippen LogP contribution >= 0.6 is 0 Å². The van der Waals surface area contributed by atoms with Gasteiger partial charge in [0.2, 0.25) is 0 Å². The minimum atomic E-state index is -0.619. The van der Waals surface area contributed by atoms with E-state index in [0.717, 1.165) is 12.8 Å². The fourth-order valence-corrected chi connectivity index (χ4v) is 3.04. The van der Waals surface area contributed by atoms with Crippen LogP contribution in [0.5, 0.6) is 0 Å². The molecule has 0 rings (SSSR count). The standard InChI is InChI=1S/C23H45NO4/c1-8-9-10-11-12-13-14-15-16-17-27-21(25)20(19(2)3)24(7)22(26)28-18-23(4,5)6/h19-20H,8-18H2,1-7H3. The minimum absolute atomic E-state index is 0.0391. The Morgan fingerprint density at radius 3 is 1.82 bits per heavy atom. The second kappa shape index (κ2) is 14.7. The Balaban J connectivity index is 4.15. The molecular weight excluding hydrogens is 354 g/mol. The summed E-state index contributed by atoms with van der Waals surface area (Å²) < 4.78 is 10.8. The molecule has 0 saturated heterocycles. The molecule has 0 radical (unpaired) electrons. The summed E-state index contributed by atoms with van der Waals surface area (Å²) in [5.74, 6) is -0.382. The fraction of sp³-hybridized carbons (Fsp3) is 0.913. The molecule has 166 valence electrons. The molecule has 0 aliphatic rings. The van der Waals surface area contributed by atoms with E-state index in [1.165, 1.54) is 49.8 Å². The molecule has 1 amide bonds. The number of likely N-dealkylation sites (N-methyl/N-ethyl adjacent to an activating group) is 1. The summed E-state index contributed by atoms with van der Waals surface area (Å²) in [6, 6.07) is -0.619. The van der Waals surface area contributed by atoms with Crippen molar-refractivity contribution in [1.82, 2.24) is 4.90 Å². The lowest BCUT2D eigenvalue weighted by molar-refractivity contribution is -0.150. The van der Waals surface area contributed by atoms with Gasteiger partial charge < -0.3 is 9.47 Å². The van der Waals surface area contributed by atoms with Crippen molar-refractivity contribution in [2.45, 2.75) is 105 Å². The normalized spacial score (nSPS) is 12.7. The number of hydrogen-bond donors (Lipinski definition) is 0. The number of esters is 1. The summed E-state index contributed by atoms with van der Waals surface area (Å²) in [6.45, 7) is 12.8. The van der Waals surface area contributed by atoms with Gasteiger partial charge in [0, 0.05) is 7.05 Å². The van der Waals surface area contributed by atoms with Crippen LogP contribution in [0.2, 0.25) is 0 Å². The first-order chi connectivity index (χ1) is 13.1. The molecule has 0 aromatic rings. The molecule has 0 aliphatic carbocycles. The second-order valence-electron chi connectivity index (χ2n) is 9.41. The maximum Gasteiger partial charge on any atom is 0.410 e. The molecule has 5 heteroatoms. The second-order valence-corrected chi connectivity index (χ2v) is 9.41. The highest BCUT2D eigenvalue weighted by molar-refractivity contribution is 5.81. The molecule has 0 heterocycles. The lowest BCUT2D eigenvalue weighted by Crippen LogP contribution is -2.47. The highest BCUT2D eigenvalue weighted by Gasteiger charge is 2.32. The lowest BCUT2D eigenvalue weighted by Gasteiger charge is -2.29. The van der Waals surface area contributed by atoms with Crippen LogP contribution in [0.25, 0.3) is 0 Å². The van der Waals surface area contributed by atoms with Crippen LogP contribution < -0.4 is 0 Å². The van der Waals surface area contributed by atoms with Crippen LogP contribution in [-0.2, 0) is 14.3 Å². The van der Waals surface area contributed by atoms with Crippen molar-refractivity contribution < 1.29 is 19.1 Å². The van der Waals surface area contributed by atoms with Gasteiger partial charge >= 0.3 is 12.1 Å². The van der Waals surface area contributed by atoms with Crippen LogP contribution in [0.15, 0.2) is 0 Å². The van der Waals surface area contributed by atoms with Gasteiger partial charge in [-0.3, -0.25) is 4.90 Å². The molecule has 0 saturated carbocycles. The smallest absolute Gasteiger partial charge is 0.410 e. The Kier molecular flexibility index (Phi) is 14.0. The molecule has 0 bridgehead atoms. The molecule has 0 aromatic carbocycles. The van der Waals surface area contributed by atoms with E-state index in [9.17, 15) is 9.59 Å². The monoisotopic (exact) mass is 399 g/mol. The van der Waals surface area contributed by atoms with E-state index in [0.29, 0.717) is 13.2 Å². The molecule has 0 spiro atoms. The van der Waals surface area contributed by atoms with E-state index in [2.05, 4.69) is 6.92 Å². The molecule has 0 aliphatic heterocycles. The number of carbonyl (C=O) groups is 2. The Hall–Kier alpha value is -1.26. The average molecular weight is 400 g/mol. The highest BCUT2D eigenvalue weighted by atomic mass is 16.6. The van der Waals surface area contributed by atoms with E-state index in [4.69, 9.17) is 9.47 Å². The zero-order valence-electron chi connectivity index (χ0n) is 19.5. The number of hydrogen-bond acceptors (Lipinski definition) is 4. The summed E-state index contributed by atoms with van der Waals surface area (Å²) in [4.78, 5) is 26.1. The topological polar surface area (TPSA) is 55.8 Å². The molecule has 0 fully saturated rings. The third kappa shape index (κ3) is 13.0. The van der Waals surface area contributed by atoms with Crippen LogP contribution in [-0.4, -0.2) is 43.3 Å². The van der Waals surface area contributed by atoms with Crippen molar-refractivity contribution in [1.29, 1.82) is 0 Å². The van der Waals surface area contributed by atoms with Crippen molar-refractivity contribution in [2.75, 3.05) is 20.3 Å². The van der Waals surface area contributed by atoms with Gasteiger partial charge in [-0.15, -0.1) is 0 Å². The number of amides is 1. The van der Waals surface area contributed by atoms with Gasteiger partial charge in [0.25, 0.3) is 0 Å². The Morgan fingerprint density at radius 1 is 0.857 bits per heavy atom. The van der Waals surface area contributed by atoms with E-state index >= 15 is 0 Å². The largest absolute Gasteiger partial charge is 0.464 e. The first-order valence-corrected chi connectivity index (χ1v) is 11.2. The quantitative estimate of drug-likeness (QED) is 0.258. The Labute approximate surface area is 173 Å². The van der Waals surface area contributed by atoms with Gasteiger partial charge in [0.05, 0.1) is 13.2 Å². The van der Waals surface area contributed by atoms with Crippen molar-refractivity contribution in [2.24, 2.45) is 11.3 Å². The van der Waals surface area contributed by atoms with E-state index in [1.807, 2.05) is 34.6 Å². The highest BCUT2D eigenvalue weighted by Crippen LogP contribution is 2.17. The molecule has 0 N–H and O–H groups in total. The van der Waals surface area contributed by atoms with Crippen LogP contribution in [0, 0.1) is 11.3 Å². The van der Waals surface area contributed by atoms with Gasteiger partial charge in [0.15, 0.2) is 0 Å². The van der Waals surface area contributed by atoms with Gasteiger partial charge in [-0.2, -0.15) is 0 Å². The van der Waals surface area contributed by atoms with Crippen LogP contribution in [0.3, 0.4) is 0 Å². The predicted octanol–water partition coefficient (Wildman–Crippen LogP) is 6.20. The zero-order valence-corrected chi connectivity index (χ0v) is 19.5. The lowest BCUT2D eigenvalue weighted by atomic mass is 9.99. The van der Waals surface area contributed by atoms with Gasteiger partial charge in [-0.05, 0) is 17.8 Å². The van der Waals surface area contributed by atoms with Crippen molar-refractivity contribution >= 4 is 12.1 Å². The first kappa shape index (κ1) is 26.7. The summed E-state index contributed by atoms with van der Waals surface area (Å²) in [7, 11) is 1.61. The molecule has 28 heavy (non-hydrogen) atoms. The van der Waals surface area contributed by atoms with Gasteiger partial charge in [0.1, 0.15) is 6.04 Å². The van der Waals surface area contributed by atoms with Gasteiger partial charge in [-0.1, -0.05) is 92.9 Å². The first-order valence-electron chi connectivity index (χ1n) is 11.2. The van der Waals surface area contributed by atoms with E-state index in [1.54, 1.807) is 7.05 Å². The number of carbonyl (C=O) groups excluding carboxylic acids is 2. The number of nitrogens with zero attached hydrogens (tertiary/aromatic N) is 1. The Morgan fingerprint density at radius 2 is 1.36 bits per heavy atom. The minimum Gasteiger partial charge on any atom is -0.464 e. The van der Waals surface area contributed by atoms with E-state index in [-0.39, 0.29) is 17.3 Å². The van der Waals surface area contributed by atoms with Crippen molar-refractivity contribution in [3.63, 3.8) is 0 Å². The fourth-order valence-electron chi connectivity index (χ4n) is 3.04. The summed E-state index contributed by atoms with van der Waals surface area (Å²) in [5, 5.41) is 0. The predicted molar refractivity (Wildman–Crippen MR) is 115 cm³/mol. The van der Waals surface area contributed by atoms with Crippen molar-refractivity contribution in [3.8, 4) is 0 Å². The summed E-state index contributed by atoms with van der Waals surface area (Å²) >= 11 is 0. The maximum absolute atomic E-state index is 12.5. The SMILES string of the molecule is CCCCCCCCCCCOC(=O)C(C(C)C)N(C)C(=O)OCC(C)(C)C. The number of rotatable bonds is 14. The molecular formula is C23H45NO4.